The Balaban J connectivity index is 2.93. The fraction of sp³-hybridized carbons (Fsp3) is 0.417. The van der Waals surface area contributed by atoms with Gasteiger partial charge in [-0.25, -0.2) is 0 Å². The van der Waals surface area contributed by atoms with Crippen LogP contribution < -0.4 is 4.74 Å². The van der Waals surface area contributed by atoms with Gasteiger partial charge in [-0.3, -0.25) is 4.79 Å². The van der Waals surface area contributed by atoms with Crippen LogP contribution in [0, 0.1) is 0 Å². The van der Waals surface area contributed by atoms with E-state index in [2.05, 4.69) is 9.47 Å². The molecule has 0 bridgehead atoms. The van der Waals surface area contributed by atoms with E-state index in [1.807, 2.05) is 0 Å². The number of methoxy groups -OCH3 is 1. The smallest absolute Gasteiger partial charge is 0.469 e. The van der Waals surface area contributed by atoms with Gasteiger partial charge in [0.15, 0.2) is 0 Å². The van der Waals surface area contributed by atoms with Crippen LogP contribution in [0.2, 0.25) is 0 Å². The molecule has 1 rings (SSSR count). The normalized spacial score (nSPS) is 11.2. The molecule has 0 saturated heterocycles. The highest BCUT2D eigenvalue weighted by Crippen LogP contribution is 2.27. The van der Waals surface area contributed by atoms with E-state index in [0.717, 1.165) is 0 Å². The molecular weight excluding hydrogens is 249 g/mol. The van der Waals surface area contributed by atoms with Crippen molar-refractivity contribution in [3.63, 3.8) is 0 Å². The van der Waals surface area contributed by atoms with Crippen LogP contribution in [0.25, 0.3) is 0 Å². The second-order valence-corrected chi connectivity index (χ2v) is 3.60. The Morgan fingerprint density at radius 1 is 1.33 bits per heavy atom. The highest BCUT2D eigenvalue weighted by Gasteiger charge is 2.31. The van der Waals surface area contributed by atoms with E-state index < -0.39 is 12.3 Å². The molecule has 1 aromatic carbocycles. The summed E-state index contributed by atoms with van der Waals surface area (Å²) in [5.41, 5.74) is 0.988. The highest BCUT2D eigenvalue weighted by atomic mass is 19.4. The van der Waals surface area contributed by atoms with Crippen molar-refractivity contribution < 1.29 is 27.4 Å². The molecule has 0 aliphatic rings. The van der Waals surface area contributed by atoms with Crippen LogP contribution in [0.15, 0.2) is 18.2 Å². The van der Waals surface area contributed by atoms with E-state index in [1.54, 1.807) is 6.92 Å². The summed E-state index contributed by atoms with van der Waals surface area (Å²) < 4.78 is 44.8. The van der Waals surface area contributed by atoms with Gasteiger partial charge in [0.05, 0.1) is 13.5 Å². The molecule has 6 heteroatoms. The van der Waals surface area contributed by atoms with Crippen LogP contribution in [0.3, 0.4) is 0 Å². The molecule has 0 amide bonds. The molecule has 0 radical (unpaired) electrons. The van der Waals surface area contributed by atoms with E-state index in [4.69, 9.17) is 0 Å². The van der Waals surface area contributed by atoms with Crippen molar-refractivity contribution in [3.05, 3.63) is 29.3 Å². The van der Waals surface area contributed by atoms with Gasteiger partial charge >= 0.3 is 12.3 Å². The third-order valence-electron chi connectivity index (χ3n) is 2.31. The molecule has 0 fully saturated rings. The van der Waals surface area contributed by atoms with Gasteiger partial charge in [-0.2, -0.15) is 0 Å². The fourth-order valence-electron chi connectivity index (χ4n) is 1.48. The summed E-state index contributed by atoms with van der Waals surface area (Å²) in [5, 5.41) is 0. The number of aryl methyl sites for hydroxylation is 1. The summed E-state index contributed by atoms with van der Waals surface area (Å²) in [6, 6.07) is 4.14. The van der Waals surface area contributed by atoms with E-state index in [9.17, 15) is 18.0 Å². The molecule has 0 heterocycles. The summed E-state index contributed by atoms with van der Waals surface area (Å²) in [4.78, 5) is 11.1. The predicted octanol–water partition coefficient (Wildman–Crippen LogP) is 2.86. The number of halogens is 3. The maximum Gasteiger partial charge on any atom is 0.573 e. The number of hydrogen-bond acceptors (Lipinski definition) is 3. The quantitative estimate of drug-likeness (QED) is 0.783. The molecular formula is C12H13F3O3. The standard InChI is InChI=1S/C12H13F3O3/c1-3-9-6-8(7-11(16)17-2)4-5-10(9)18-12(13,14)15/h4-6H,3,7H2,1-2H3. The van der Waals surface area contributed by atoms with Crippen molar-refractivity contribution in [1.29, 1.82) is 0 Å². The SMILES string of the molecule is CCc1cc(CC(=O)OC)ccc1OC(F)(F)F. The second kappa shape index (κ2) is 5.75. The first kappa shape index (κ1) is 14.3. The number of ether oxygens (including phenoxy) is 2. The number of hydrogen-bond donors (Lipinski definition) is 0. The van der Waals surface area contributed by atoms with Gasteiger partial charge in [-0.1, -0.05) is 19.1 Å². The minimum atomic E-state index is -4.71. The summed E-state index contributed by atoms with van der Waals surface area (Å²) in [5.74, 6) is -0.680. The molecule has 1 aromatic rings. The lowest BCUT2D eigenvalue weighted by atomic mass is 10.1. The van der Waals surface area contributed by atoms with Crippen LogP contribution in [0.1, 0.15) is 18.1 Å². The summed E-state index contributed by atoms with van der Waals surface area (Å²) in [6.45, 7) is 1.71. The third-order valence-corrected chi connectivity index (χ3v) is 2.31. The van der Waals surface area contributed by atoms with Crippen molar-refractivity contribution in [2.24, 2.45) is 0 Å². The first-order valence-electron chi connectivity index (χ1n) is 5.30. The number of alkyl halides is 3. The van der Waals surface area contributed by atoms with Gasteiger partial charge in [0.25, 0.3) is 0 Å². The Bertz CT molecular complexity index is 427. The van der Waals surface area contributed by atoms with Crippen LogP contribution in [0.5, 0.6) is 5.75 Å². The maximum absolute atomic E-state index is 12.1. The summed E-state index contributed by atoms with van der Waals surface area (Å²) in [7, 11) is 1.25. The van der Waals surface area contributed by atoms with Crippen molar-refractivity contribution in [1.82, 2.24) is 0 Å². The van der Waals surface area contributed by atoms with E-state index >= 15 is 0 Å². The minimum absolute atomic E-state index is 0.0236. The van der Waals surface area contributed by atoms with Gasteiger partial charge in [0, 0.05) is 0 Å². The molecule has 0 aromatic heterocycles. The molecule has 0 N–H and O–H groups in total. The third kappa shape index (κ3) is 4.27. The Hall–Kier alpha value is -1.72. The molecule has 100 valence electrons. The maximum atomic E-state index is 12.1. The van der Waals surface area contributed by atoms with Crippen LogP contribution in [0.4, 0.5) is 13.2 Å². The predicted molar refractivity (Wildman–Crippen MR) is 58.2 cm³/mol. The molecule has 0 spiro atoms. The lowest BCUT2D eigenvalue weighted by Gasteiger charge is -2.13. The number of rotatable bonds is 4. The van der Waals surface area contributed by atoms with Crippen molar-refractivity contribution >= 4 is 5.97 Å². The Morgan fingerprint density at radius 3 is 2.50 bits per heavy atom. The van der Waals surface area contributed by atoms with Crippen LogP contribution >= 0.6 is 0 Å². The van der Waals surface area contributed by atoms with Gasteiger partial charge < -0.3 is 9.47 Å². The Labute approximate surface area is 103 Å². The molecule has 0 unspecified atom stereocenters. The topological polar surface area (TPSA) is 35.5 Å². The van der Waals surface area contributed by atoms with Gasteiger partial charge in [-0.05, 0) is 23.6 Å². The average molecular weight is 262 g/mol. The monoisotopic (exact) mass is 262 g/mol. The minimum Gasteiger partial charge on any atom is -0.469 e. The van der Waals surface area contributed by atoms with Crippen LogP contribution in [-0.4, -0.2) is 19.4 Å². The zero-order valence-corrected chi connectivity index (χ0v) is 10.0. The summed E-state index contributed by atoms with van der Waals surface area (Å²) >= 11 is 0. The molecule has 18 heavy (non-hydrogen) atoms. The second-order valence-electron chi connectivity index (χ2n) is 3.60. The molecule has 0 atom stereocenters. The lowest BCUT2D eigenvalue weighted by Crippen LogP contribution is -2.18. The van der Waals surface area contributed by atoms with Gasteiger partial charge in [0.1, 0.15) is 5.75 Å². The lowest BCUT2D eigenvalue weighted by molar-refractivity contribution is -0.274. The highest BCUT2D eigenvalue weighted by molar-refractivity contribution is 5.72. The average Bonchev–Trinajstić information content (AvgIpc) is 2.29. The molecule has 3 nitrogen and oxygen atoms in total. The fourth-order valence-corrected chi connectivity index (χ4v) is 1.48. The molecule has 0 aliphatic carbocycles. The molecule has 0 aliphatic heterocycles. The zero-order valence-electron chi connectivity index (χ0n) is 10.0. The van der Waals surface area contributed by atoms with E-state index in [1.165, 1.54) is 25.3 Å². The first-order chi connectivity index (χ1) is 8.35. The van der Waals surface area contributed by atoms with Gasteiger partial charge in [-0.15, -0.1) is 13.2 Å². The van der Waals surface area contributed by atoms with E-state index in [0.29, 0.717) is 17.5 Å². The van der Waals surface area contributed by atoms with Crippen molar-refractivity contribution in [2.75, 3.05) is 7.11 Å². The first-order valence-corrected chi connectivity index (χ1v) is 5.30. The molecule has 0 saturated carbocycles. The Kier molecular flexibility index (Phi) is 4.58. The summed E-state index contributed by atoms with van der Waals surface area (Å²) in [6.07, 6.45) is -4.32. The zero-order chi connectivity index (χ0) is 13.8. The largest absolute Gasteiger partial charge is 0.573 e. The van der Waals surface area contributed by atoms with Crippen molar-refractivity contribution in [2.45, 2.75) is 26.1 Å². The van der Waals surface area contributed by atoms with Crippen molar-refractivity contribution in [3.8, 4) is 5.75 Å². The Morgan fingerprint density at radius 2 is 2.00 bits per heavy atom. The number of benzene rings is 1. The van der Waals surface area contributed by atoms with Gasteiger partial charge in [0.2, 0.25) is 0 Å². The number of carbonyl (C=O) groups excluding carboxylic acids is 1. The van der Waals surface area contributed by atoms with Crippen LogP contribution in [-0.2, 0) is 22.4 Å². The number of carbonyl (C=O) groups is 1. The van der Waals surface area contributed by atoms with E-state index in [-0.39, 0.29) is 12.2 Å². The number of esters is 1.